The van der Waals surface area contributed by atoms with Crippen LogP contribution in [0.2, 0.25) is 0 Å². The van der Waals surface area contributed by atoms with E-state index < -0.39 is 0 Å². The zero-order valence-electron chi connectivity index (χ0n) is 9.97. The molecule has 0 fully saturated rings. The van der Waals surface area contributed by atoms with Crippen LogP contribution < -0.4 is 18.9 Å². The summed E-state index contributed by atoms with van der Waals surface area (Å²) in [5, 5.41) is 0. The maximum absolute atomic E-state index is 3.78. The Labute approximate surface area is 127 Å². The zero-order chi connectivity index (χ0) is 8.49. The van der Waals surface area contributed by atoms with Crippen LogP contribution in [-0.2, 0) is 22.4 Å². The van der Waals surface area contributed by atoms with Crippen LogP contribution in [0.25, 0.3) is 0 Å². The Hall–Kier alpha value is -0.362. The van der Waals surface area contributed by atoms with Crippen molar-refractivity contribution in [1.82, 2.24) is 9.97 Å². The summed E-state index contributed by atoms with van der Waals surface area (Å²) in [7, 11) is 0. The molecule has 0 aliphatic rings. The van der Waals surface area contributed by atoms with Crippen molar-refractivity contribution in [3.8, 4) is 0 Å². The number of pyridine rings is 2. The van der Waals surface area contributed by atoms with Gasteiger partial charge in [-0.3, -0.25) is 9.97 Å². The minimum Gasteiger partial charge on any atom is -0.358 e. The Morgan fingerprint density at radius 2 is 0.750 bits per heavy atom. The van der Waals surface area contributed by atoms with Crippen molar-refractivity contribution in [2.45, 2.75) is 0 Å². The van der Waals surface area contributed by atoms with Crippen LogP contribution in [0, 0.1) is 14.9 Å². The predicted molar refractivity (Wildman–Crippen MR) is 61.3 cm³/mol. The molecule has 16 heavy (non-hydrogen) atoms. The van der Waals surface area contributed by atoms with E-state index in [0.29, 0.717) is 0 Å². The molecule has 0 spiro atoms. The summed E-state index contributed by atoms with van der Waals surface area (Å²) >= 11 is 0. The van der Waals surface area contributed by atoms with E-state index in [1.54, 1.807) is 24.8 Å². The Morgan fingerprint density at radius 3 is 0.812 bits per heavy atom. The van der Waals surface area contributed by atoms with Gasteiger partial charge in [-0.05, 0) is 24.3 Å². The molecule has 0 saturated carbocycles. The first-order chi connectivity index (χ1) is 6.00. The second-order valence-corrected chi connectivity index (χ2v) is 2.05. The standard InChI is InChI=1S/2C5H5N.2CH3.Au.Li/c2*1-2-4-6-5-3-1;;;;/h2*1-5H;2*1H3;;/q;;2*-1;2*+1. The average molecular weight is 392 g/mol. The number of rotatable bonds is 0. The van der Waals surface area contributed by atoms with Crippen LogP contribution >= 0.6 is 0 Å². The molecule has 0 unspecified atom stereocenters. The second kappa shape index (κ2) is 20.1. The topological polar surface area (TPSA) is 25.8 Å². The van der Waals surface area contributed by atoms with E-state index in [9.17, 15) is 0 Å². The van der Waals surface area contributed by atoms with Crippen LogP contribution in [0.4, 0.5) is 0 Å². The third-order valence-electron chi connectivity index (χ3n) is 1.13. The molecule has 0 amide bonds. The number of hydrogen-bond donors (Lipinski definition) is 0. The van der Waals surface area contributed by atoms with Crippen LogP contribution in [0.15, 0.2) is 61.2 Å². The maximum Gasteiger partial charge on any atom is 1.00 e. The second-order valence-electron chi connectivity index (χ2n) is 2.05. The molecule has 0 aliphatic carbocycles. The molecule has 86 valence electrons. The molecule has 2 heterocycles. The molecule has 0 aromatic carbocycles. The van der Waals surface area contributed by atoms with Crippen molar-refractivity contribution in [3.63, 3.8) is 0 Å². The fourth-order valence-corrected chi connectivity index (χ4v) is 0.625. The maximum atomic E-state index is 3.78. The minimum atomic E-state index is 0. The van der Waals surface area contributed by atoms with E-state index in [0.717, 1.165) is 0 Å². The van der Waals surface area contributed by atoms with E-state index in [1.165, 1.54) is 0 Å². The first kappa shape index (κ1) is 24.7. The van der Waals surface area contributed by atoms with Gasteiger partial charge in [0.2, 0.25) is 0 Å². The van der Waals surface area contributed by atoms with Gasteiger partial charge in [-0.1, -0.05) is 12.1 Å². The van der Waals surface area contributed by atoms with Gasteiger partial charge < -0.3 is 14.9 Å². The van der Waals surface area contributed by atoms with Gasteiger partial charge in [0.05, 0.1) is 0 Å². The molecule has 0 atom stereocenters. The van der Waals surface area contributed by atoms with Crippen LogP contribution in [-0.4, -0.2) is 9.97 Å². The van der Waals surface area contributed by atoms with E-state index in [1.807, 2.05) is 36.4 Å². The van der Waals surface area contributed by atoms with Crippen molar-refractivity contribution < 1.29 is 41.2 Å². The molecule has 0 N–H and O–H groups in total. The average Bonchev–Trinajstić information content (AvgIpc) is 2.24. The van der Waals surface area contributed by atoms with Gasteiger partial charge in [0, 0.05) is 24.8 Å². The number of nitrogens with zero attached hydrogens (tertiary/aromatic N) is 2. The van der Waals surface area contributed by atoms with Crippen LogP contribution in [0.3, 0.4) is 0 Å². The summed E-state index contributed by atoms with van der Waals surface area (Å²) in [5.41, 5.74) is 0. The van der Waals surface area contributed by atoms with Gasteiger partial charge in [-0.2, -0.15) is 0 Å². The van der Waals surface area contributed by atoms with E-state index in [4.69, 9.17) is 0 Å². The largest absolute Gasteiger partial charge is 1.00 e. The van der Waals surface area contributed by atoms with Crippen LogP contribution in [0.1, 0.15) is 0 Å². The molecular formula is C12H16AuLiN2. The first-order valence-electron chi connectivity index (χ1n) is 3.70. The molecule has 4 heteroatoms. The SMILES string of the molecule is [Au+].[CH3-].[CH3-].[Li+].c1ccncc1.c1ccncc1. The molecule has 2 rings (SSSR count). The van der Waals surface area contributed by atoms with Crippen molar-refractivity contribution >= 4 is 0 Å². The quantitative estimate of drug-likeness (QED) is 0.469. The minimum absolute atomic E-state index is 0. The normalized spacial score (nSPS) is 6.00. The molecule has 0 saturated heterocycles. The third-order valence-corrected chi connectivity index (χ3v) is 1.13. The smallest absolute Gasteiger partial charge is 0.358 e. The monoisotopic (exact) mass is 392 g/mol. The van der Waals surface area contributed by atoms with E-state index in [-0.39, 0.29) is 56.1 Å². The fourth-order valence-electron chi connectivity index (χ4n) is 0.625. The van der Waals surface area contributed by atoms with Crippen LogP contribution in [0.5, 0.6) is 0 Å². The summed E-state index contributed by atoms with van der Waals surface area (Å²) < 4.78 is 0. The number of hydrogen-bond acceptors (Lipinski definition) is 2. The third kappa shape index (κ3) is 16.1. The van der Waals surface area contributed by atoms with Crippen molar-refractivity contribution in [2.75, 3.05) is 0 Å². The van der Waals surface area contributed by atoms with E-state index >= 15 is 0 Å². The molecule has 0 aliphatic heterocycles. The fraction of sp³-hybridized carbons (Fsp3) is 0. The summed E-state index contributed by atoms with van der Waals surface area (Å²) in [6.07, 6.45) is 7.00. The van der Waals surface area contributed by atoms with Gasteiger partial charge >= 0.3 is 41.2 Å². The van der Waals surface area contributed by atoms with Crippen molar-refractivity contribution in [1.29, 1.82) is 0 Å². The Balaban J connectivity index is -0.0000000720. The summed E-state index contributed by atoms with van der Waals surface area (Å²) in [5.74, 6) is 0. The van der Waals surface area contributed by atoms with Gasteiger partial charge in [0.25, 0.3) is 0 Å². The Bertz CT molecular complexity index is 194. The Kier molecular flexibility index (Phi) is 31.1. The first-order valence-corrected chi connectivity index (χ1v) is 3.70. The molecule has 0 bridgehead atoms. The van der Waals surface area contributed by atoms with Gasteiger partial charge in [0.1, 0.15) is 0 Å². The zero-order valence-corrected chi connectivity index (χ0v) is 12.1. The van der Waals surface area contributed by atoms with Gasteiger partial charge in [-0.15, -0.1) is 0 Å². The van der Waals surface area contributed by atoms with Gasteiger partial charge in [0.15, 0.2) is 0 Å². The molecule has 0 radical (unpaired) electrons. The predicted octanol–water partition coefficient (Wildman–Crippen LogP) is 0.0653. The molecule has 2 nitrogen and oxygen atoms in total. The molecule has 2 aromatic rings. The van der Waals surface area contributed by atoms with Crippen molar-refractivity contribution in [3.05, 3.63) is 76.0 Å². The Morgan fingerprint density at radius 1 is 0.500 bits per heavy atom. The summed E-state index contributed by atoms with van der Waals surface area (Å²) in [6.45, 7) is 0. The molecular weight excluding hydrogens is 376 g/mol. The summed E-state index contributed by atoms with van der Waals surface area (Å²) in [4.78, 5) is 7.57. The van der Waals surface area contributed by atoms with Gasteiger partial charge in [-0.25, -0.2) is 0 Å². The van der Waals surface area contributed by atoms with Crippen molar-refractivity contribution in [2.24, 2.45) is 0 Å². The summed E-state index contributed by atoms with van der Waals surface area (Å²) in [6, 6.07) is 11.4. The number of aromatic nitrogens is 2. The van der Waals surface area contributed by atoms with E-state index in [2.05, 4.69) is 9.97 Å². The molecule has 2 aromatic heterocycles.